The topological polar surface area (TPSA) is 79.0 Å². The van der Waals surface area contributed by atoms with Gasteiger partial charge in [0.25, 0.3) is 5.91 Å². The van der Waals surface area contributed by atoms with Gasteiger partial charge in [0.1, 0.15) is 5.82 Å². The molecule has 2 aromatic rings. The van der Waals surface area contributed by atoms with Gasteiger partial charge in [-0.3, -0.25) is 9.59 Å². The van der Waals surface area contributed by atoms with Crippen LogP contribution in [0, 0.1) is 24.6 Å². The number of nitrogens with one attached hydrogen (secondary N) is 1. The quantitative estimate of drug-likeness (QED) is 0.537. The lowest BCUT2D eigenvalue weighted by Gasteiger charge is -2.47. The number of hydrogen-bond donors (Lipinski definition) is 1. The van der Waals surface area contributed by atoms with Gasteiger partial charge < -0.3 is 19.9 Å². The van der Waals surface area contributed by atoms with E-state index in [1.54, 1.807) is 28.9 Å². The van der Waals surface area contributed by atoms with Gasteiger partial charge in [-0.05, 0) is 73.3 Å². The van der Waals surface area contributed by atoms with E-state index in [4.69, 9.17) is 4.74 Å². The van der Waals surface area contributed by atoms with Crippen LogP contribution in [-0.4, -0.2) is 60.5 Å². The van der Waals surface area contributed by atoms with Crippen molar-refractivity contribution in [3.63, 3.8) is 0 Å². The summed E-state index contributed by atoms with van der Waals surface area (Å²) < 4.78 is 19.8. The molecule has 4 rings (SSSR count). The number of rotatable bonds is 4. The van der Waals surface area contributed by atoms with Crippen LogP contribution in [-0.2, 0) is 14.9 Å². The number of ether oxygens (including phenoxy) is 1. The Morgan fingerprint density at radius 3 is 2.33 bits per heavy atom. The fourth-order valence-electron chi connectivity index (χ4n) is 6.02. The van der Waals surface area contributed by atoms with Gasteiger partial charge in [0.05, 0.1) is 18.6 Å². The van der Waals surface area contributed by atoms with Crippen molar-refractivity contribution in [2.24, 2.45) is 11.8 Å². The maximum Gasteiger partial charge on any atom is 0.409 e. The minimum Gasteiger partial charge on any atom is -0.453 e. The summed E-state index contributed by atoms with van der Waals surface area (Å²) in [6, 6.07) is 12.1. The molecule has 2 saturated heterocycles. The smallest absolute Gasteiger partial charge is 0.409 e. The van der Waals surface area contributed by atoms with Crippen LogP contribution in [0.2, 0.25) is 0 Å². The van der Waals surface area contributed by atoms with Crippen LogP contribution in [0.25, 0.3) is 0 Å². The van der Waals surface area contributed by atoms with E-state index in [1.807, 2.05) is 24.3 Å². The van der Waals surface area contributed by atoms with Gasteiger partial charge in [0.15, 0.2) is 0 Å². The molecule has 2 unspecified atom stereocenters. The molecule has 2 fully saturated rings. The summed E-state index contributed by atoms with van der Waals surface area (Å²) in [5, 5.41) is 3.12. The molecule has 0 aromatic heterocycles. The molecule has 3 amide bonds. The molecule has 0 bridgehead atoms. The second-order valence-corrected chi connectivity index (χ2v) is 11.8. The number of piperidine rings is 2. The molecule has 1 N–H and O–H groups in total. The number of carbonyl (C=O) groups is 3. The third-order valence-corrected chi connectivity index (χ3v) is 8.17. The molecular weight excluding hydrogens is 497 g/mol. The first kappa shape index (κ1) is 28.6. The van der Waals surface area contributed by atoms with E-state index >= 15 is 0 Å². The van der Waals surface area contributed by atoms with Crippen LogP contribution < -0.4 is 5.32 Å². The van der Waals surface area contributed by atoms with Crippen molar-refractivity contribution in [3.05, 3.63) is 65.0 Å². The number of methoxy groups -OCH3 is 1. The molecule has 2 aliphatic heterocycles. The molecule has 0 aliphatic carbocycles. The fraction of sp³-hybridized carbons (Fsp3) is 0.516. The molecule has 0 spiro atoms. The summed E-state index contributed by atoms with van der Waals surface area (Å²) in [7, 11) is 1.36. The van der Waals surface area contributed by atoms with E-state index in [0.29, 0.717) is 50.9 Å². The summed E-state index contributed by atoms with van der Waals surface area (Å²) in [6.07, 6.45) is 2.16. The predicted molar refractivity (Wildman–Crippen MR) is 149 cm³/mol. The van der Waals surface area contributed by atoms with E-state index in [2.05, 4.69) is 26.1 Å². The Morgan fingerprint density at radius 2 is 1.69 bits per heavy atom. The molecule has 7 nitrogen and oxygen atoms in total. The largest absolute Gasteiger partial charge is 0.453 e. The molecule has 2 aliphatic rings. The highest BCUT2D eigenvalue weighted by atomic mass is 19.1. The number of likely N-dealkylation sites (tertiary alicyclic amines) is 2. The molecule has 39 heavy (non-hydrogen) atoms. The minimum absolute atomic E-state index is 0.0149. The van der Waals surface area contributed by atoms with E-state index in [9.17, 15) is 18.8 Å². The summed E-state index contributed by atoms with van der Waals surface area (Å²) in [4.78, 5) is 43.2. The SMILES string of the molecule is COC(=O)N1CCC(C2C(C(=O)Nc3cccc(C(C)(C)C)c3)CCCN2C(=O)c2c(C)cccc2F)CC1. The standard InChI is InChI=1S/C31H40FN3O4/c1-20-9-6-13-25(32)26(20)29(37)35-16-8-12-24(27(35)21-14-17-34(18-15-21)30(38)39-5)28(36)33-23-11-7-10-22(19-23)31(2,3)4/h6-7,9-11,13,19,21,24,27H,8,12,14-18H2,1-5H3,(H,33,36). The van der Waals surface area contributed by atoms with Gasteiger partial charge in [-0.2, -0.15) is 0 Å². The second-order valence-electron chi connectivity index (χ2n) is 11.8. The summed E-state index contributed by atoms with van der Waals surface area (Å²) in [6.45, 7) is 9.53. The van der Waals surface area contributed by atoms with Crippen molar-refractivity contribution >= 4 is 23.6 Å². The van der Waals surface area contributed by atoms with Crippen molar-refractivity contribution in [1.29, 1.82) is 0 Å². The van der Waals surface area contributed by atoms with Crippen molar-refractivity contribution in [2.75, 3.05) is 32.1 Å². The third kappa shape index (κ3) is 6.26. The van der Waals surface area contributed by atoms with Gasteiger partial charge in [0.2, 0.25) is 5.91 Å². The Hall–Kier alpha value is -3.42. The molecule has 2 aromatic carbocycles. The second kappa shape index (κ2) is 11.8. The average molecular weight is 538 g/mol. The van der Waals surface area contributed by atoms with Gasteiger partial charge in [0, 0.05) is 31.4 Å². The van der Waals surface area contributed by atoms with Crippen molar-refractivity contribution in [2.45, 2.75) is 64.8 Å². The van der Waals surface area contributed by atoms with Crippen LogP contribution in [0.15, 0.2) is 42.5 Å². The van der Waals surface area contributed by atoms with Gasteiger partial charge in [-0.15, -0.1) is 0 Å². The number of benzene rings is 2. The zero-order valence-electron chi connectivity index (χ0n) is 23.6. The highest BCUT2D eigenvalue weighted by Crippen LogP contribution is 2.37. The molecule has 210 valence electrons. The highest BCUT2D eigenvalue weighted by Gasteiger charge is 2.44. The lowest BCUT2D eigenvalue weighted by atomic mass is 9.76. The predicted octanol–water partition coefficient (Wildman–Crippen LogP) is 5.77. The summed E-state index contributed by atoms with van der Waals surface area (Å²) >= 11 is 0. The van der Waals surface area contributed by atoms with Crippen LogP contribution in [0.3, 0.4) is 0 Å². The van der Waals surface area contributed by atoms with Gasteiger partial charge in [-0.1, -0.05) is 45.0 Å². The first-order valence-electron chi connectivity index (χ1n) is 13.8. The first-order chi connectivity index (χ1) is 18.5. The number of nitrogens with zero attached hydrogens (tertiary/aromatic N) is 2. The maximum atomic E-state index is 14.9. The Kier molecular flexibility index (Phi) is 8.62. The highest BCUT2D eigenvalue weighted by molar-refractivity contribution is 5.98. The number of amides is 3. The Labute approximate surface area is 230 Å². The van der Waals surface area contributed by atoms with Crippen LogP contribution in [0.1, 0.15) is 67.9 Å². The normalized spacial score (nSPS) is 20.5. The first-order valence-corrected chi connectivity index (χ1v) is 13.8. The van der Waals surface area contributed by atoms with E-state index in [0.717, 1.165) is 11.3 Å². The number of halogens is 1. The monoisotopic (exact) mass is 537 g/mol. The van der Waals surface area contributed by atoms with Crippen molar-refractivity contribution < 1.29 is 23.5 Å². The van der Waals surface area contributed by atoms with E-state index < -0.39 is 17.8 Å². The van der Waals surface area contributed by atoms with Crippen molar-refractivity contribution in [3.8, 4) is 0 Å². The van der Waals surface area contributed by atoms with E-state index in [-0.39, 0.29) is 34.8 Å². The average Bonchev–Trinajstić information content (AvgIpc) is 2.91. The summed E-state index contributed by atoms with van der Waals surface area (Å²) in [5.41, 5.74) is 2.41. The lowest BCUT2D eigenvalue weighted by Crippen LogP contribution is -2.57. The van der Waals surface area contributed by atoms with E-state index in [1.165, 1.54) is 13.2 Å². The molecule has 2 heterocycles. The minimum atomic E-state index is -0.551. The molecule has 2 atom stereocenters. The number of carbonyl (C=O) groups excluding carboxylic acids is 3. The van der Waals surface area contributed by atoms with Gasteiger partial charge in [-0.25, -0.2) is 9.18 Å². The summed E-state index contributed by atoms with van der Waals surface area (Å²) in [5.74, 6) is -1.53. The number of aryl methyl sites for hydroxylation is 1. The molecule has 0 saturated carbocycles. The molecule has 8 heteroatoms. The Balaban J connectivity index is 1.64. The van der Waals surface area contributed by atoms with Crippen LogP contribution in [0.5, 0.6) is 0 Å². The number of hydrogen-bond acceptors (Lipinski definition) is 4. The van der Waals surface area contributed by atoms with Crippen LogP contribution >= 0.6 is 0 Å². The van der Waals surface area contributed by atoms with Crippen LogP contribution in [0.4, 0.5) is 14.9 Å². The zero-order valence-corrected chi connectivity index (χ0v) is 23.6. The Bertz CT molecular complexity index is 1200. The molecular formula is C31H40FN3O4. The Morgan fingerprint density at radius 1 is 1.00 bits per heavy atom. The van der Waals surface area contributed by atoms with Crippen molar-refractivity contribution in [1.82, 2.24) is 9.80 Å². The van der Waals surface area contributed by atoms with Gasteiger partial charge >= 0.3 is 6.09 Å². The third-order valence-electron chi connectivity index (χ3n) is 8.17. The lowest BCUT2D eigenvalue weighted by molar-refractivity contribution is -0.124. The fourth-order valence-corrected chi connectivity index (χ4v) is 6.02. The molecule has 0 radical (unpaired) electrons. The zero-order chi connectivity index (χ0) is 28.3. The maximum absolute atomic E-state index is 14.9. The number of anilines is 1.